The van der Waals surface area contributed by atoms with Crippen LogP contribution >= 0.6 is 11.6 Å². The number of nitrogens with zero attached hydrogens (tertiary/aromatic N) is 1. The number of amides is 1. The van der Waals surface area contributed by atoms with Crippen molar-refractivity contribution < 1.29 is 9.53 Å². The van der Waals surface area contributed by atoms with Gasteiger partial charge >= 0.3 is 0 Å². The second-order valence-corrected chi connectivity index (χ2v) is 6.27. The van der Waals surface area contributed by atoms with Crippen LogP contribution in [0.5, 0.6) is 0 Å². The van der Waals surface area contributed by atoms with Gasteiger partial charge in [0.15, 0.2) is 0 Å². The first kappa shape index (κ1) is 16.3. The number of hydrogen-bond acceptors (Lipinski definition) is 3. The average Bonchev–Trinajstić information content (AvgIpc) is 2.47. The molecule has 2 rings (SSSR count). The number of carbonyl (C=O) groups excluding carboxylic acids is 1. The summed E-state index contributed by atoms with van der Waals surface area (Å²) in [6, 6.07) is 7.56. The topological polar surface area (TPSA) is 55.6 Å². The number of ether oxygens (including phenoxy) is 1. The number of nitrogens with two attached hydrogens (primary N) is 1. The van der Waals surface area contributed by atoms with Crippen LogP contribution in [-0.2, 0) is 9.53 Å². The van der Waals surface area contributed by atoms with Crippen LogP contribution in [0.3, 0.4) is 0 Å². The van der Waals surface area contributed by atoms with Gasteiger partial charge in [-0.25, -0.2) is 0 Å². The first-order chi connectivity index (χ1) is 9.94. The highest BCUT2D eigenvalue weighted by atomic mass is 35.5. The van der Waals surface area contributed by atoms with Crippen molar-refractivity contribution >= 4 is 17.5 Å². The van der Waals surface area contributed by atoms with Crippen LogP contribution in [0.15, 0.2) is 24.3 Å². The van der Waals surface area contributed by atoms with Crippen LogP contribution in [0.4, 0.5) is 0 Å². The Hall–Kier alpha value is -1.10. The van der Waals surface area contributed by atoms with Gasteiger partial charge in [0.1, 0.15) is 6.10 Å². The lowest BCUT2D eigenvalue weighted by atomic mass is 9.95. The zero-order valence-corrected chi connectivity index (χ0v) is 13.4. The monoisotopic (exact) mass is 310 g/mol. The molecule has 1 aromatic rings. The van der Waals surface area contributed by atoms with E-state index in [0.29, 0.717) is 31.1 Å². The van der Waals surface area contributed by atoms with Gasteiger partial charge in [0, 0.05) is 11.6 Å². The number of hydrogen-bond donors (Lipinski definition) is 1. The van der Waals surface area contributed by atoms with Gasteiger partial charge in [-0.15, -0.1) is 0 Å². The third-order valence-corrected chi connectivity index (χ3v) is 4.11. The van der Waals surface area contributed by atoms with Gasteiger partial charge in [-0.1, -0.05) is 37.1 Å². The van der Waals surface area contributed by atoms with E-state index in [2.05, 4.69) is 0 Å². The van der Waals surface area contributed by atoms with Crippen molar-refractivity contribution in [1.29, 1.82) is 0 Å². The van der Waals surface area contributed by atoms with E-state index in [4.69, 9.17) is 22.1 Å². The zero-order chi connectivity index (χ0) is 15.5. The number of carbonyl (C=O) groups is 1. The van der Waals surface area contributed by atoms with Gasteiger partial charge < -0.3 is 15.4 Å². The predicted molar refractivity (Wildman–Crippen MR) is 84.2 cm³/mol. The second kappa shape index (κ2) is 6.77. The molecule has 1 saturated heterocycles. The summed E-state index contributed by atoms with van der Waals surface area (Å²) >= 11 is 5.90. The van der Waals surface area contributed by atoms with E-state index in [-0.39, 0.29) is 12.0 Å². The Morgan fingerprint density at radius 1 is 1.48 bits per heavy atom. The smallest absolute Gasteiger partial charge is 0.242 e. The fourth-order valence-corrected chi connectivity index (χ4v) is 2.83. The molecule has 116 valence electrons. The molecule has 4 nitrogen and oxygen atoms in total. The molecule has 0 saturated carbocycles. The molecule has 0 spiro atoms. The minimum absolute atomic E-state index is 0.00612. The molecule has 1 fully saturated rings. The van der Waals surface area contributed by atoms with Crippen LogP contribution in [0.25, 0.3) is 0 Å². The summed E-state index contributed by atoms with van der Waals surface area (Å²) in [5.74, 6) is 0.00612. The number of benzene rings is 1. The van der Waals surface area contributed by atoms with Gasteiger partial charge in [0.05, 0.1) is 18.7 Å². The molecule has 2 unspecified atom stereocenters. The van der Waals surface area contributed by atoms with Crippen LogP contribution in [-0.4, -0.2) is 36.0 Å². The van der Waals surface area contributed by atoms with Crippen molar-refractivity contribution in [3.8, 4) is 0 Å². The van der Waals surface area contributed by atoms with Crippen LogP contribution in [0.1, 0.15) is 38.4 Å². The molecule has 2 N–H and O–H groups in total. The molecule has 0 aromatic heterocycles. The summed E-state index contributed by atoms with van der Waals surface area (Å²) in [7, 11) is 0. The van der Waals surface area contributed by atoms with E-state index in [1.807, 2.05) is 43.0 Å². The zero-order valence-electron chi connectivity index (χ0n) is 12.6. The van der Waals surface area contributed by atoms with E-state index >= 15 is 0 Å². The second-order valence-electron chi connectivity index (χ2n) is 5.83. The number of morpholine rings is 1. The van der Waals surface area contributed by atoms with Crippen molar-refractivity contribution in [2.45, 2.75) is 38.3 Å². The molecular formula is C16H23ClN2O2. The maximum atomic E-state index is 12.6. The van der Waals surface area contributed by atoms with Gasteiger partial charge in [0.25, 0.3) is 0 Å². The fraction of sp³-hybridized carbons (Fsp3) is 0.562. The molecule has 1 heterocycles. The summed E-state index contributed by atoms with van der Waals surface area (Å²) < 4.78 is 5.78. The molecule has 1 aliphatic heterocycles. The molecule has 1 aliphatic rings. The molecule has 0 bridgehead atoms. The third-order valence-electron chi connectivity index (χ3n) is 3.85. The molecule has 1 amide bonds. The van der Waals surface area contributed by atoms with Crippen molar-refractivity contribution in [2.75, 3.05) is 19.7 Å². The molecule has 2 atom stereocenters. The van der Waals surface area contributed by atoms with Gasteiger partial charge in [0.2, 0.25) is 5.91 Å². The Bertz CT molecular complexity index is 488. The van der Waals surface area contributed by atoms with Gasteiger partial charge in [-0.3, -0.25) is 4.79 Å². The van der Waals surface area contributed by atoms with E-state index in [9.17, 15) is 4.79 Å². The molecule has 0 aliphatic carbocycles. The normalized spacial score (nSPS) is 21.9. The molecule has 5 heteroatoms. The van der Waals surface area contributed by atoms with Crippen molar-refractivity contribution in [3.63, 3.8) is 0 Å². The SMILES string of the molecule is CCCC(C)(N)C(=O)N1CCOC(c2ccc(Cl)cc2)C1. The lowest BCUT2D eigenvalue weighted by Gasteiger charge is -2.37. The predicted octanol–water partition coefficient (Wildman–Crippen LogP) is 2.76. The summed E-state index contributed by atoms with van der Waals surface area (Å²) in [6.45, 7) is 5.51. The van der Waals surface area contributed by atoms with E-state index in [0.717, 1.165) is 12.0 Å². The quantitative estimate of drug-likeness (QED) is 0.930. The van der Waals surface area contributed by atoms with E-state index in [1.54, 1.807) is 0 Å². The van der Waals surface area contributed by atoms with Crippen molar-refractivity contribution in [2.24, 2.45) is 5.73 Å². The largest absolute Gasteiger partial charge is 0.370 e. The standard InChI is InChI=1S/C16H23ClN2O2/c1-3-8-16(2,18)15(20)19-9-10-21-14(11-19)12-4-6-13(17)7-5-12/h4-7,14H,3,8-11,18H2,1-2H3. The number of halogens is 1. The molecule has 0 radical (unpaired) electrons. The van der Waals surface area contributed by atoms with Crippen molar-refractivity contribution in [1.82, 2.24) is 4.90 Å². The average molecular weight is 311 g/mol. The highest BCUT2D eigenvalue weighted by Gasteiger charge is 2.34. The Morgan fingerprint density at radius 2 is 2.14 bits per heavy atom. The minimum atomic E-state index is -0.795. The van der Waals surface area contributed by atoms with Crippen molar-refractivity contribution in [3.05, 3.63) is 34.9 Å². The first-order valence-electron chi connectivity index (χ1n) is 7.39. The van der Waals surface area contributed by atoms with Crippen LogP contribution < -0.4 is 5.73 Å². The van der Waals surface area contributed by atoms with Gasteiger partial charge in [-0.2, -0.15) is 0 Å². The summed E-state index contributed by atoms with van der Waals surface area (Å²) in [5.41, 5.74) is 6.39. The summed E-state index contributed by atoms with van der Waals surface area (Å²) in [5, 5.41) is 0.694. The summed E-state index contributed by atoms with van der Waals surface area (Å²) in [4.78, 5) is 14.4. The van der Waals surface area contributed by atoms with Crippen LogP contribution in [0, 0.1) is 0 Å². The lowest BCUT2D eigenvalue weighted by molar-refractivity contribution is -0.144. The molecular weight excluding hydrogens is 288 g/mol. The third kappa shape index (κ3) is 3.96. The Balaban J connectivity index is 2.07. The van der Waals surface area contributed by atoms with E-state index < -0.39 is 5.54 Å². The Morgan fingerprint density at radius 3 is 2.76 bits per heavy atom. The highest BCUT2D eigenvalue weighted by Crippen LogP contribution is 2.25. The Labute approximate surface area is 131 Å². The Kier molecular flexibility index (Phi) is 5.25. The van der Waals surface area contributed by atoms with Gasteiger partial charge in [-0.05, 0) is 31.0 Å². The summed E-state index contributed by atoms with van der Waals surface area (Å²) in [6.07, 6.45) is 1.47. The van der Waals surface area contributed by atoms with E-state index in [1.165, 1.54) is 0 Å². The maximum absolute atomic E-state index is 12.6. The highest BCUT2D eigenvalue weighted by molar-refractivity contribution is 6.30. The molecule has 21 heavy (non-hydrogen) atoms. The fourth-order valence-electron chi connectivity index (χ4n) is 2.70. The number of rotatable bonds is 4. The maximum Gasteiger partial charge on any atom is 0.242 e. The minimum Gasteiger partial charge on any atom is -0.370 e. The lowest BCUT2D eigenvalue weighted by Crippen LogP contribution is -2.56. The first-order valence-corrected chi connectivity index (χ1v) is 7.77. The van der Waals surface area contributed by atoms with Crippen LogP contribution in [0.2, 0.25) is 5.02 Å². The molecule has 1 aromatic carbocycles.